The molecule has 1 heterocycles. The van der Waals surface area contributed by atoms with E-state index in [-0.39, 0.29) is 11.1 Å². The number of nitrogens with zero attached hydrogens (tertiary/aromatic N) is 4. The Balaban J connectivity index is 1.43. The van der Waals surface area contributed by atoms with E-state index in [2.05, 4.69) is 90.2 Å². The number of fused-ring (bicyclic) bond motifs is 2. The first-order valence-electron chi connectivity index (χ1n) is 16.0. The van der Waals surface area contributed by atoms with E-state index in [0.717, 1.165) is 67.0 Å². The van der Waals surface area contributed by atoms with Gasteiger partial charge in [0, 0.05) is 11.4 Å². The molecule has 0 aromatic heterocycles. The minimum Gasteiger partial charge on any atom is -0.355 e. The molecule has 0 unspecified atom stereocenters. The highest BCUT2D eigenvalue weighted by Crippen LogP contribution is 2.55. The van der Waals surface area contributed by atoms with Crippen molar-refractivity contribution in [2.24, 2.45) is 0 Å². The van der Waals surface area contributed by atoms with Gasteiger partial charge in [-0.05, 0) is 92.1 Å². The first kappa shape index (κ1) is 31.2. The van der Waals surface area contributed by atoms with Crippen molar-refractivity contribution in [3.05, 3.63) is 190 Å². The zero-order valence-electron chi connectivity index (χ0n) is 26.8. The van der Waals surface area contributed by atoms with Crippen LogP contribution in [0.15, 0.2) is 157 Å². The lowest BCUT2D eigenvalue weighted by molar-refractivity contribution is 0.741. The number of allylic oxidation sites excluding steroid dienone is 2. The summed E-state index contributed by atoms with van der Waals surface area (Å²) >= 11 is 0. The van der Waals surface area contributed by atoms with Gasteiger partial charge in [0.25, 0.3) is 0 Å². The van der Waals surface area contributed by atoms with Crippen molar-refractivity contribution in [3.63, 3.8) is 0 Å². The van der Waals surface area contributed by atoms with Crippen molar-refractivity contribution in [1.82, 2.24) is 0 Å². The van der Waals surface area contributed by atoms with Gasteiger partial charge in [-0.2, -0.15) is 21.0 Å². The number of nitriles is 4. The summed E-state index contributed by atoms with van der Waals surface area (Å²) in [6, 6.07) is 57.7. The van der Waals surface area contributed by atoms with E-state index in [1.807, 2.05) is 84.9 Å². The summed E-state index contributed by atoms with van der Waals surface area (Å²) < 4.78 is 0. The Morgan fingerprint density at radius 3 is 1.16 bits per heavy atom. The maximum atomic E-state index is 9.21. The maximum absolute atomic E-state index is 9.21. The monoisotopic (exact) mass is 637 g/mol. The van der Waals surface area contributed by atoms with Gasteiger partial charge in [-0.25, -0.2) is 0 Å². The van der Waals surface area contributed by atoms with Gasteiger partial charge >= 0.3 is 0 Å². The van der Waals surface area contributed by atoms with Gasteiger partial charge in [-0.1, -0.05) is 121 Å². The lowest BCUT2D eigenvalue weighted by Gasteiger charge is -2.43. The Bertz CT molecular complexity index is 2260. The molecule has 232 valence electrons. The van der Waals surface area contributed by atoms with Crippen LogP contribution >= 0.6 is 0 Å². The zero-order valence-corrected chi connectivity index (χ0v) is 26.8. The summed E-state index contributed by atoms with van der Waals surface area (Å²) in [6.07, 6.45) is 3.18. The van der Waals surface area contributed by atoms with E-state index in [1.165, 1.54) is 0 Å². The van der Waals surface area contributed by atoms with E-state index in [9.17, 15) is 21.0 Å². The third-order valence-corrected chi connectivity index (χ3v) is 9.12. The molecule has 7 rings (SSSR count). The van der Waals surface area contributed by atoms with Crippen molar-refractivity contribution in [3.8, 4) is 46.5 Å². The predicted molar refractivity (Wildman–Crippen MR) is 197 cm³/mol. The second-order valence-electron chi connectivity index (χ2n) is 11.9. The molecule has 0 saturated heterocycles. The lowest BCUT2D eigenvalue weighted by Crippen LogP contribution is -2.35. The molecule has 1 aliphatic heterocycles. The van der Waals surface area contributed by atoms with Crippen LogP contribution in [-0.2, 0) is 5.41 Å². The standard InChI is InChI=1S/C45H27N5/c46-27-33(28-47)23-31-11-15-35(16-12-31)37-19-21-43-41(25-37)45(39-7-3-1-4-8-39,40-9-5-2-6-10-40)42-26-38(20-22-44(42)50-43)36-17-13-32(14-18-36)24-34(29-48)30-49/h1-26,50H. The smallest absolute Gasteiger partial charge is 0.130 e. The maximum Gasteiger partial charge on any atom is 0.130 e. The normalized spacial score (nSPS) is 11.8. The molecule has 5 nitrogen and oxygen atoms in total. The molecular formula is C45H27N5. The summed E-state index contributed by atoms with van der Waals surface area (Å²) in [4.78, 5) is 0. The van der Waals surface area contributed by atoms with Crippen LogP contribution in [0.2, 0.25) is 0 Å². The number of hydrogen-bond acceptors (Lipinski definition) is 5. The number of rotatable bonds is 6. The molecule has 6 aromatic rings. The molecule has 6 aromatic carbocycles. The molecule has 50 heavy (non-hydrogen) atoms. The molecule has 0 bridgehead atoms. The van der Waals surface area contributed by atoms with Crippen LogP contribution in [0.1, 0.15) is 33.4 Å². The summed E-state index contributed by atoms with van der Waals surface area (Å²) in [5.41, 5.74) is 11.6. The Morgan fingerprint density at radius 2 is 0.800 bits per heavy atom. The third kappa shape index (κ3) is 5.59. The lowest BCUT2D eigenvalue weighted by atomic mass is 9.62. The Kier molecular flexibility index (Phi) is 8.32. The van der Waals surface area contributed by atoms with Gasteiger partial charge in [0.05, 0.1) is 5.41 Å². The van der Waals surface area contributed by atoms with Crippen molar-refractivity contribution in [2.75, 3.05) is 5.32 Å². The number of anilines is 2. The molecule has 5 heteroatoms. The largest absolute Gasteiger partial charge is 0.355 e. The highest BCUT2D eigenvalue weighted by Gasteiger charge is 2.44. The van der Waals surface area contributed by atoms with Crippen molar-refractivity contribution in [2.45, 2.75) is 5.41 Å². The summed E-state index contributed by atoms with van der Waals surface area (Å²) in [5.74, 6) is 0. The molecule has 0 saturated carbocycles. The van der Waals surface area contributed by atoms with Gasteiger partial charge in [0.15, 0.2) is 0 Å². The fourth-order valence-corrected chi connectivity index (χ4v) is 6.80. The average Bonchev–Trinajstić information content (AvgIpc) is 3.19. The Morgan fingerprint density at radius 1 is 0.440 bits per heavy atom. The van der Waals surface area contributed by atoms with Crippen LogP contribution in [-0.4, -0.2) is 0 Å². The molecule has 1 N–H and O–H groups in total. The number of nitrogens with one attached hydrogen (secondary N) is 1. The third-order valence-electron chi connectivity index (χ3n) is 9.12. The number of hydrogen-bond donors (Lipinski definition) is 1. The molecule has 0 spiro atoms. The topological polar surface area (TPSA) is 107 Å². The molecule has 0 atom stereocenters. The minimum atomic E-state index is -0.682. The van der Waals surface area contributed by atoms with E-state index in [0.29, 0.717) is 0 Å². The Hall–Kier alpha value is -7.44. The summed E-state index contributed by atoms with van der Waals surface area (Å²) in [7, 11) is 0. The first-order chi connectivity index (χ1) is 24.6. The van der Waals surface area contributed by atoms with Crippen molar-refractivity contribution in [1.29, 1.82) is 21.0 Å². The summed E-state index contributed by atoms with van der Waals surface area (Å²) in [5, 5.41) is 40.6. The molecule has 0 amide bonds. The Labute approximate surface area is 291 Å². The van der Waals surface area contributed by atoms with Crippen LogP contribution in [0.5, 0.6) is 0 Å². The van der Waals surface area contributed by atoms with Gasteiger partial charge in [0.2, 0.25) is 0 Å². The van der Waals surface area contributed by atoms with Crippen molar-refractivity contribution < 1.29 is 0 Å². The molecular weight excluding hydrogens is 611 g/mol. The SMILES string of the molecule is N#CC(C#N)=Cc1ccc(-c2ccc3c(c2)C(c2ccccc2)(c2ccccc2)c2cc(-c4ccc(C=C(C#N)C#N)cc4)ccc2N3)cc1. The van der Waals surface area contributed by atoms with Crippen LogP contribution in [0, 0.1) is 45.3 Å². The van der Waals surface area contributed by atoms with Crippen molar-refractivity contribution >= 4 is 23.5 Å². The van der Waals surface area contributed by atoms with Crippen LogP contribution in [0.3, 0.4) is 0 Å². The number of benzene rings is 6. The van der Waals surface area contributed by atoms with E-state index in [4.69, 9.17) is 0 Å². The molecule has 0 aliphatic carbocycles. The van der Waals surface area contributed by atoms with Crippen LogP contribution < -0.4 is 5.32 Å². The van der Waals surface area contributed by atoms with E-state index in [1.54, 1.807) is 12.2 Å². The fourth-order valence-electron chi connectivity index (χ4n) is 6.80. The van der Waals surface area contributed by atoms with E-state index >= 15 is 0 Å². The van der Waals surface area contributed by atoms with Gasteiger partial charge in [0.1, 0.15) is 35.4 Å². The minimum absolute atomic E-state index is 0.0612. The van der Waals surface area contributed by atoms with Gasteiger partial charge in [-0.3, -0.25) is 0 Å². The van der Waals surface area contributed by atoms with E-state index < -0.39 is 5.41 Å². The predicted octanol–water partition coefficient (Wildman–Crippen LogP) is 10.3. The van der Waals surface area contributed by atoms with Crippen LogP contribution in [0.4, 0.5) is 11.4 Å². The second kappa shape index (κ2) is 13.4. The molecule has 0 radical (unpaired) electrons. The molecule has 0 fully saturated rings. The quantitative estimate of drug-likeness (QED) is 0.183. The highest BCUT2D eigenvalue weighted by molar-refractivity contribution is 5.86. The zero-order chi connectivity index (χ0) is 34.5. The highest BCUT2D eigenvalue weighted by atomic mass is 14.9. The second-order valence-corrected chi connectivity index (χ2v) is 11.9. The fraction of sp³-hybridized carbons (Fsp3) is 0.0222. The van der Waals surface area contributed by atoms with Crippen LogP contribution in [0.25, 0.3) is 34.4 Å². The van der Waals surface area contributed by atoms with Gasteiger partial charge < -0.3 is 5.32 Å². The van der Waals surface area contributed by atoms with Gasteiger partial charge in [-0.15, -0.1) is 0 Å². The average molecular weight is 638 g/mol. The first-order valence-corrected chi connectivity index (χ1v) is 16.0. The molecule has 1 aliphatic rings. The summed E-state index contributed by atoms with van der Waals surface area (Å²) in [6.45, 7) is 0.